The third-order valence-corrected chi connectivity index (χ3v) is 4.33. The minimum Gasteiger partial charge on any atom is -0.338 e. The molecule has 1 aliphatic rings. The van der Waals surface area contributed by atoms with Crippen LogP contribution in [0.15, 0.2) is 16.8 Å². The molecule has 2 rings (SSSR count). The van der Waals surface area contributed by atoms with Crippen molar-refractivity contribution in [2.75, 3.05) is 26.2 Å². The normalized spacial score (nSPS) is 17.4. The lowest BCUT2D eigenvalue weighted by molar-refractivity contribution is -0.135. The number of carbonyl (C=O) groups excluding carboxylic acids is 2. The molecular formula is C14H21N3O2S. The molecule has 0 saturated carbocycles. The Morgan fingerprint density at radius 3 is 2.30 bits per heavy atom. The number of rotatable bonds is 3. The van der Waals surface area contributed by atoms with Crippen LogP contribution >= 0.6 is 11.3 Å². The van der Waals surface area contributed by atoms with Crippen LogP contribution in [0.1, 0.15) is 24.2 Å². The van der Waals surface area contributed by atoms with E-state index in [1.165, 1.54) is 11.3 Å². The van der Waals surface area contributed by atoms with Gasteiger partial charge in [0.1, 0.15) is 0 Å². The maximum absolute atomic E-state index is 12.2. The quantitative estimate of drug-likeness (QED) is 0.905. The second-order valence-corrected chi connectivity index (χ2v) is 6.18. The van der Waals surface area contributed by atoms with E-state index in [0.717, 1.165) is 5.56 Å². The van der Waals surface area contributed by atoms with Crippen molar-refractivity contribution in [3.05, 3.63) is 22.4 Å². The molecule has 0 aliphatic carbocycles. The van der Waals surface area contributed by atoms with Crippen LogP contribution in [0.4, 0.5) is 0 Å². The molecule has 0 spiro atoms. The molecule has 0 radical (unpaired) electrons. The van der Waals surface area contributed by atoms with Crippen LogP contribution in [0.3, 0.4) is 0 Å². The molecule has 2 amide bonds. The van der Waals surface area contributed by atoms with Gasteiger partial charge in [-0.15, -0.1) is 0 Å². The van der Waals surface area contributed by atoms with E-state index in [2.05, 4.69) is 0 Å². The van der Waals surface area contributed by atoms with Crippen molar-refractivity contribution in [3.63, 3.8) is 0 Å². The predicted octanol–water partition coefficient (Wildman–Crippen LogP) is 1.02. The first kappa shape index (κ1) is 15.0. The van der Waals surface area contributed by atoms with Crippen LogP contribution in [0, 0.1) is 5.92 Å². The Labute approximate surface area is 123 Å². The summed E-state index contributed by atoms with van der Waals surface area (Å²) in [6, 6.07) is 1.38. The molecule has 20 heavy (non-hydrogen) atoms. The molecule has 5 nitrogen and oxygen atoms in total. The molecule has 1 aromatic rings. The molecule has 1 aliphatic heterocycles. The Hall–Kier alpha value is -1.40. The van der Waals surface area contributed by atoms with E-state index in [1.54, 1.807) is 9.80 Å². The summed E-state index contributed by atoms with van der Waals surface area (Å²) in [5, 5.41) is 3.75. The van der Waals surface area contributed by atoms with Gasteiger partial charge >= 0.3 is 0 Å². The number of piperazine rings is 1. The number of thiophene rings is 1. The van der Waals surface area contributed by atoms with Gasteiger partial charge in [0.15, 0.2) is 0 Å². The molecule has 1 fully saturated rings. The second kappa shape index (κ2) is 6.37. The lowest BCUT2D eigenvalue weighted by Gasteiger charge is -2.36. The summed E-state index contributed by atoms with van der Waals surface area (Å²) >= 11 is 1.52. The summed E-state index contributed by atoms with van der Waals surface area (Å²) in [5.41, 5.74) is 6.62. The minimum absolute atomic E-state index is 0.0115. The van der Waals surface area contributed by atoms with E-state index in [-0.39, 0.29) is 17.7 Å². The highest BCUT2D eigenvalue weighted by atomic mass is 32.1. The van der Waals surface area contributed by atoms with E-state index < -0.39 is 6.04 Å². The smallest absolute Gasteiger partial charge is 0.254 e. The summed E-state index contributed by atoms with van der Waals surface area (Å²) in [4.78, 5) is 27.9. The molecule has 110 valence electrons. The molecule has 0 bridgehead atoms. The van der Waals surface area contributed by atoms with Gasteiger partial charge < -0.3 is 15.5 Å². The maximum Gasteiger partial charge on any atom is 0.254 e. The second-order valence-electron chi connectivity index (χ2n) is 5.40. The van der Waals surface area contributed by atoms with Gasteiger partial charge in [-0.2, -0.15) is 11.3 Å². The van der Waals surface area contributed by atoms with E-state index >= 15 is 0 Å². The molecule has 1 unspecified atom stereocenters. The first-order chi connectivity index (χ1) is 9.50. The summed E-state index contributed by atoms with van der Waals surface area (Å²) in [6.45, 7) is 6.17. The summed E-state index contributed by atoms with van der Waals surface area (Å²) in [7, 11) is 0. The van der Waals surface area contributed by atoms with Crippen molar-refractivity contribution < 1.29 is 9.59 Å². The average molecular weight is 295 g/mol. The Kier molecular flexibility index (Phi) is 4.77. The number of hydrogen-bond acceptors (Lipinski definition) is 4. The number of nitrogens with zero attached hydrogens (tertiary/aromatic N) is 2. The highest BCUT2D eigenvalue weighted by molar-refractivity contribution is 7.08. The minimum atomic E-state index is -0.450. The van der Waals surface area contributed by atoms with Crippen molar-refractivity contribution in [1.29, 1.82) is 0 Å². The Morgan fingerprint density at radius 1 is 1.20 bits per heavy atom. The molecule has 1 atom stereocenters. The number of carbonyl (C=O) groups is 2. The van der Waals surface area contributed by atoms with E-state index in [1.807, 2.05) is 30.7 Å². The van der Waals surface area contributed by atoms with Gasteiger partial charge in [-0.1, -0.05) is 13.8 Å². The van der Waals surface area contributed by atoms with E-state index in [0.29, 0.717) is 26.2 Å². The van der Waals surface area contributed by atoms with Gasteiger partial charge in [0.25, 0.3) is 5.91 Å². The van der Waals surface area contributed by atoms with E-state index in [4.69, 9.17) is 5.73 Å². The van der Waals surface area contributed by atoms with Crippen LogP contribution in [-0.2, 0) is 4.79 Å². The molecule has 2 N–H and O–H groups in total. The Balaban J connectivity index is 1.89. The van der Waals surface area contributed by atoms with Gasteiger partial charge in [-0.05, 0) is 17.4 Å². The Morgan fingerprint density at radius 2 is 1.80 bits per heavy atom. The van der Waals surface area contributed by atoms with Crippen LogP contribution in [-0.4, -0.2) is 53.8 Å². The van der Waals surface area contributed by atoms with Crippen molar-refractivity contribution in [2.45, 2.75) is 19.9 Å². The predicted molar refractivity (Wildman–Crippen MR) is 79.6 cm³/mol. The van der Waals surface area contributed by atoms with Gasteiger partial charge in [0, 0.05) is 31.6 Å². The highest BCUT2D eigenvalue weighted by Gasteiger charge is 2.28. The van der Waals surface area contributed by atoms with Crippen LogP contribution in [0.25, 0.3) is 0 Å². The Bertz CT molecular complexity index is 465. The monoisotopic (exact) mass is 295 g/mol. The fraction of sp³-hybridized carbons (Fsp3) is 0.571. The number of amides is 2. The molecule has 6 heteroatoms. The first-order valence-corrected chi connectivity index (χ1v) is 7.81. The SMILES string of the molecule is CC(C)C(N)C(=O)N1CCN(C(=O)c2ccsc2)CC1. The third-order valence-electron chi connectivity index (χ3n) is 3.65. The molecule has 0 aromatic carbocycles. The van der Waals surface area contributed by atoms with Crippen molar-refractivity contribution in [3.8, 4) is 0 Å². The molecule has 2 heterocycles. The maximum atomic E-state index is 12.2. The first-order valence-electron chi connectivity index (χ1n) is 6.86. The van der Waals surface area contributed by atoms with Crippen molar-refractivity contribution in [2.24, 2.45) is 11.7 Å². The molecule has 1 aromatic heterocycles. The van der Waals surface area contributed by atoms with Gasteiger partial charge in [-0.25, -0.2) is 0 Å². The number of hydrogen-bond donors (Lipinski definition) is 1. The summed E-state index contributed by atoms with van der Waals surface area (Å²) < 4.78 is 0. The summed E-state index contributed by atoms with van der Waals surface area (Å²) in [6.07, 6.45) is 0. The lowest BCUT2D eigenvalue weighted by Crippen LogP contribution is -2.55. The van der Waals surface area contributed by atoms with E-state index in [9.17, 15) is 9.59 Å². The number of nitrogens with two attached hydrogens (primary N) is 1. The van der Waals surface area contributed by atoms with Crippen molar-refractivity contribution >= 4 is 23.2 Å². The fourth-order valence-electron chi connectivity index (χ4n) is 2.19. The zero-order valence-electron chi connectivity index (χ0n) is 11.9. The average Bonchev–Trinajstić information content (AvgIpc) is 2.99. The zero-order chi connectivity index (χ0) is 14.7. The lowest BCUT2D eigenvalue weighted by atomic mass is 10.0. The highest BCUT2D eigenvalue weighted by Crippen LogP contribution is 2.13. The van der Waals surface area contributed by atoms with Gasteiger partial charge in [0.2, 0.25) is 5.91 Å². The van der Waals surface area contributed by atoms with Crippen LogP contribution in [0.2, 0.25) is 0 Å². The topological polar surface area (TPSA) is 66.6 Å². The standard InChI is InChI=1S/C14H21N3O2S/c1-10(2)12(15)14(19)17-6-4-16(5-7-17)13(18)11-3-8-20-9-11/h3,8-10,12H,4-7,15H2,1-2H3. The molecular weight excluding hydrogens is 274 g/mol. The molecule has 1 saturated heterocycles. The fourth-order valence-corrected chi connectivity index (χ4v) is 2.82. The van der Waals surface area contributed by atoms with Crippen LogP contribution in [0.5, 0.6) is 0 Å². The van der Waals surface area contributed by atoms with Crippen LogP contribution < -0.4 is 5.73 Å². The van der Waals surface area contributed by atoms with Crippen molar-refractivity contribution in [1.82, 2.24) is 9.80 Å². The van der Waals surface area contributed by atoms with Gasteiger partial charge in [-0.3, -0.25) is 9.59 Å². The zero-order valence-corrected chi connectivity index (χ0v) is 12.7. The third kappa shape index (κ3) is 3.19. The largest absolute Gasteiger partial charge is 0.338 e. The summed E-state index contributed by atoms with van der Waals surface area (Å²) in [5.74, 6) is 0.169. The van der Waals surface area contributed by atoms with Gasteiger partial charge in [0.05, 0.1) is 11.6 Å².